The van der Waals surface area contributed by atoms with Gasteiger partial charge in [-0.2, -0.15) is 0 Å². The molecule has 0 saturated carbocycles. The van der Waals surface area contributed by atoms with Gasteiger partial charge in [-0.15, -0.1) is 0 Å². The molecule has 2 rings (SSSR count). The van der Waals surface area contributed by atoms with E-state index in [1.54, 1.807) is 23.2 Å². The second kappa shape index (κ2) is 5.73. The van der Waals surface area contributed by atoms with Crippen molar-refractivity contribution in [2.24, 2.45) is 25.7 Å². The lowest BCUT2D eigenvalue weighted by Gasteiger charge is -2.16. The van der Waals surface area contributed by atoms with Crippen molar-refractivity contribution < 1.29 is 9.90 Å². The molecule has 6 nitrogen and oxygen atoms in total. The van der Waals surface area contributed by atoms with Crippen LogP contribution in [0.15, 0.2) is 23.0 Å². The Hall–Kier alpha value is -2.08. The minimum absolute atomic E-state index is 0.00721. The van der Waals surface area contributed by atoms with E-state index < -0.39 is 5.97 Å². The molecule has 21 heavy (non-hydrogen) atoms. The van der Waals surface area contributed by atoms with Gasteiger partial charge in [0.1, 0.15) is 0 Å². The molecule has 1 heterocycles. The van der Waals surface area contributed by atoms with Crippen LogP contribution in [0.1, 0.15) is 31.4 Å². The molecule has 0 aliphatic carbocycles. The molecule has 3 N–H and O–H groups in total. The summed E-state index contributed by atoms with van der Waals surface area (Å²) in [5, 5.41) is 8.80. The molecular formula is C15H21N3O3. The molecule has 0 amide bonds. The van der Waals surface area contributed by atoms with Crippen molar-refractivity contribution in [1.82, 2.24) is 9.13 Å². The zero-order chi connectivity index (χ0) is 15.7. The molecule has 114 valence electrons. The first-order valence-corrected chi connectivity index (χ1v) is 6.94. The van der Waals surface area contributed by atoms with Gasteiger partial charge in [0.05, 0.1) is 11.0 Å². The van der Waals surface area contributed by atoms with Crippen molar-refractivity contribution in [1.29, 1.82) is 0 Å². The fourth-order valence-corrected chi connectivity index (χ4v) is 2.71. The number of nitrogens with zero attached hydrogens (tertiary/aromatic N) is 2. The molecule has 2 atom stereocenters. The Labute approximate surface area is 122 Å². The van der Waals surface area contributed by atoms with Crippen molar-refractivity contribution in [2.45, 2.75) is 25.8 Å². The molecule has 2 unspecified atom stereocenters. The van der Waals surface area contributed by atoms with E-state index in [0.29, 0.717) is 6.42 Å². The molecule has 0 bridgehead atoms. The monoisotopic (exact) mass is 291 g/mol. The van der Waals surface area contributed by atoms with Crippen LogP contribution in [0, 0.1) is 5.92 Å². The highest BCUT2D eigenvalue weighted by Gasteiger charge is 2.16. The lowest BCUT2D eigenvalue weighted by Crippen LogP contribution is -2.19. The molecule has 1 aromatic carbocycles. The average molecular weight is 291 g/mol. The summed E-state index contributed by atoms with van der Waals surface area (Å²) in [5.41, 5.74) is 8.71. The van der Waals surface area contributed by atoms with Crippen LogP contribution in [0.25, 0.3) is 11.0 Å². The van der Waals surface area contributed by atoms with Gasteiger partial charge in [0, 0.05) is 26.6 Å². The summed E-state index contributed by atoms with van der Waals surface area (Å²) in [5.74, 6) is -0.802. The van der Waals surface area contributed by atoms with E-state index in [9.17, 15) is 9.59 Å². The standard InChI is InChI=1S/C15H21N3O3/c1-9(7-14(19)20)6-11(16)10-4-5-12-13(8-10)18(3)15(21)17(12)2/h4-5,8-9,11H,6-7,16H2,1-3H3,(H,19,20). The van der Waals surface area contributed by atoms with Crippen molar-refractivity contribution in [3.63, 3.8) is 0 Å². The molecule has 0 spiro atoms. The number of nitrogens with two attached hydrogens (primary N) is 1. The number of rotatable bonds is 5. The molecule has 0 aliphatic heterocycles. The van der Waals surface area contributed by atoms with Crippen LogP contribution in [0.4, 0.5) is 0 Å². The fourth-order valence-electron chi connectivity index (χ4n) is 2.71. The van der Waals surface area contributed by atoms with Crippen molar-refractivity contribution in [3.05, 3.63) is 34.2 Å². The van der Waals surface area contributed by atoms with Gasteiger partial charge in [0.25, 0.3) is 0 Å². The normalized spacial score (nSPS) is 14.3. The molecule has 0 aliphatic rings. The van der Waals surface area contributed by atoms with Crippen LogP contribution in [-0.2, 0) is 18.9 Å². The highest BCUT2D eigenvalue weighted by molar-refractivity contribution is 5.77. The van der Waals surface area contributed by atoms with Gasteiger partial charge < -0.3 is 10.8 Å². The van der Waals surface area contributed by atoms with Gasteiger partial charge in [-0.25, -0.2) is 4.79 Å². The Morgan fingerprint density at radius 1 is 1.29 bits per heavy atom. The molecule has 6 heteroatoms. The number of carbonyl (C=O) groups is 1. The topological polar surface area (TPSA) is 90.2 Å². The molecular weight excluding hydrogens is 270 g/mol. The Kier molecular flexibility index (Phi) is 4.18. The van der Waals surface area contributed by atoms with Crippen LogP contribution in [0.2, 0.25) is 0 Å². The second-order valence-corrected chi connectivity index (χ2v) is 5.69. The van der Waals surface area contributed by atoms with E-state index in [4.69, 9.17) is 10.8 Å². The summed E-state index contributed by atoms with van der Waals surface area (Å²) in [6.45, 7) is 1.88. The second-order valence-electron chi connectivity index (χ2n) is 5.69. The number of hydrogen-bond donors (Lipinski definition) is 2. The van der Waals surface area contributed by atoms with E-state index in [1.807, 2.05) is 25.1 Å². The summed E-state index contributed by atoms with van der Waals surface area (Å²) in [7, 11) is 3.46. The Morgan fingerprint density at radius 2 is 1.90 bits per heavy atom. The SMILES string of the molecule is CC(CC(=O)O)CC(N)c1ccc2c(c1)n(C)c(=O)n2C. The van der Waals surface area contributed by atoms with Gasteiger partial charge in [-0.3, -0.25) is 13.9 Å². The van der Waals surface area contributed by atoms with Crippen molar-refractivity contribution >= 4 is 17.0 Å². The van der Waals surface area contributed by atoms with Gasteiger partial charge in [-0.05, 0) is 30.0 Å². The zero-order valence-corrected chi connectivity index (χ0v) is 12.5. The number of fused-ring (bicyclic) bond motifs is 1. The third-order valence-electron chi connectivity index (χ3n) is 3.90. The first kappa shape index (κ1) is 15.3. The number of hydrogen-bond acceptors (Lipinski definition) is 3. The first-order valence-electron chi connectivity index (χ1n) is 6.94. The average Bonchev–Trinajstić information content (AvgIpc) is 2.62. The van der Waals surface area contributed by atoms with Crippen LogP contribution in [0.3, 0.4) is 0 Å². The maximum absolute atomic E-state index is 11.9. The Balaban J connectivity index is 2.28. The summed E-state index contributed by atoms with van der Waals surface area (Å²) in [6.07, 6.45) is 0.707. The predicted octanol–water partition coefficient (Wildman–Crippen LogP) is 1.38. The van der Waals surface area contributed by atoms with Crippen LogP contribution in [-0.4, -0.2) is 20.2 Å². The van der Waals surface area contributed by atoms with Crippen molar-refractivity contribution in [2.75, 3.05) is 0 Å². The number of aromatic nitrogens is 2. The minimum atomic E-state index is -0.810. The maximum Gasteiger partial charge on any atom is 0.328 e. The highest BCUT2D eigenvalue weighted by Crippen LogP contribution is 2.24. The van der Waals surface area contributed by atoms with Crippen LogP contribution < -0.4 is 11.4 Å². The third-order valence-corrected chi connectivity index (χ3v) is 3.90. The highest BCUT2D eigenvalue weighted by atomic mass is 16.4. The molecule has 0 saturated heterocycles. The van der Waals surface area contributed by atoms with E-state index in [2.05, 4.69) is 0 Å². The van der Waals surface area contributed by atoms with E-state index in [1.165, 1.54) is 0 Å². The van der Waals surface area contributed by atoms with Gasteiger partial charge >= 0.3 is 11.7 Å². The molecule has 0 radical (unpaired) electrons. The summed E-state index contributed by atoms with van der Waals surface area (Å²) in [4.78, 5) is 22.6. The zero-order valence-electron chi connectivity index (χ0n) is 12.5. The molecule has 0 fully saturated rings. The van der Waals surface area contributed by atoms with E-state index in [0.717, 1.165) is 16.6 Å². The van der Waals surface area contributed by atoms with Gasteiger partial charge in [0.15, 0.2) is 0 Å². The van der Waals surface area contributed by atoms with Gasteiger partial charge in [0.2, 0.25) is 0 Å². The van der Waals surface area contributed by atoms with Crippen LogP contribution >= 0.6 is 0 Å². The number of benzene rings is 1. The molecule has 2 aromatic rings. The van der Waals surface area contributed by atoms with E-state index >= 15 is 0 Å². The van der Waals surface area contributed by atoms with E-state index in [-0.39, 0.29) is 24.1 Å². The van der Waals surface area contributed by atoms with Gasteiger partial charge in [-0.1, -0.05) is 13.0 Å². The minimum Gasteiger partial charge on any atom is -0.481 e. The summed E-state index contributed by atoms with van der Waals surface area (Å²) < 4.78 is 3.18. The third kappa shape index (κ3) is 3.00. The maximum atomic E-state index is 11.9. The Morgan fingerprint density at radius 3 is 2.52 bits per heavy atom. The van der Waals surface area contributed by atoms with Crippen LogP contribution in [0.5, 0.6) is 0 Å². The smallest absolute Gasteiger partial charge is 0.328 e. The summed E-state index contributed by atoms with van der Waals surface area (Å²) >= 11 is 0. The lowest BCUT2D eigenvalue weighted by molar-refractivity contribution is -0.138. The summed E-state index contributed by atoms with van der Waals surface area (Å²) in [6, 6.07) is 5.46. The quantitative estimate of drug-likeness (QED) is 0.870. The number of aryl methyl sites for hydroxylation is 2. The number of carboxylic acid groups (broad SMARTS) is 1. The number of carboxylic acids is 1. The number of imidazole rings is 1. The first-order chi connectivity index (χ1) is 9.81. The lowest BCUT2D eigenvalue weighted by atomic mass is 9.94. The van der Waals surface area contributed by atoms with Crippen molar-refractivity contribution in [3.8, 4) is 0 Å². The number of aliphatic carboxylic acids is 1. The fraction of sp³-hybridized carbons (Fsp3) is 0.467. The largest absolute Gasteiger partial charge is 0.481 e. The molecule has 1 aromatic heterocycles. The predicted molar refractivity (Wildman–Crippen MR) is 81.1 cm³/mol. The Bertz CT molecular complexity index is 730.